The Labute approximate surface area is 96.2 Å². The van der Waals surface area contributed by atoms with Crippen molar-refractivity contribution in [2.45, 2.75) is 25.0 Å². The molecule has 0 spiro atoms. The number of benzene rings is 1. The zero-order valence-electron chi connectivity index (χ0n) is 8.12. The van der Waals surface area contributed by atoms with E-state index in [-0.39, 0.29) is 11.9 Å². The molecule has 2 rings (SSSR count). The fourth-order valence-electron chi connectivity index (χ4n) is 1.75. The van der Waals surface area contributed by atoms with E-state index in [0.29, 0.717) is 11.1 Å². The number of aryl methyl sites for hydroxylation is 1. The first kappa shape index (κ1) is 10.9. The van der Waals surface area contributed by atoms with Gasteiger partial charge >= 0.3 is 0 Å². The highest BCUT2D eigenvalue weighted by Crippen LogP contribution is 2.29. The Kier molecular flexibility index (Phi) is 3.26. The molecule has 82 valence electrons. The van der Waals surface area contributed by atoms with Gasteiger partial charge in [0.15, 0.2) is 0 Å². The highest BCUT2D eigenvalue weighted by molar-refractivity contribution is 9.09. The maximum Gasteiger partial charge on any atom is 0.126 e. The summed E-state index contributed by atoms with van der Waals surface area (Å²) in [5.41, 5.74) is 0.882. The first-order valence-electron chi connectivity index (χ1n) is 4.90. The predicted octanol–water partition coefficient (Wildman–Crippen LogP) is 2.28. The number of ether oxygens (including phenoxy) is 1. The van der Waals surface area contributed by atoms with E-state index in [0.717, 1.165) is 18.4 Å². The molecule has 0 fully saturated rings. The maximum atomic E-state index is 12.9. The molecule has 0 saturated heterocycles. The van der Waals surface area contributed by atoms with E-state index in [1.807, 2.05) is 0 Å². The second-order valence-corrected chi connectivity index (χ2v) is 4.32. The van der Waals surface area contributed by atoms with Gasteiger partial charge in [-0.1, -0.05) is 15.9 Å². The van der Waals surface area contributed by atoms with Gasteiger partial charge in [-0.25, -0.2) is 4.39 Å². The lowest BCUT2D eigenvalue weighted by molar-refractivity contribution is 0.0392. The van der Waals surface area contributed by atoms with E-state index < -0.39 is 6.10 Å². The molecule has 0 saturated carbocycles. The van der Waals surface area contributed by atoms with Gasteiger partial charge < -0.3 is 9.84 Å². The molecule has 1 aliphatic rings. The Balaban J connectivity index is 2.16. The van der Waals surface area contributed by atoms with E-state index >= 15 is 0 Å². The molecule has 1 aromatic rings. The number of fused-ring (bicyclic) bond motifs is 1. The van der Waals surface area contributed by atoms with E-state index in [1.54, 1.807) is 6.07 Å². The number of rotatable bonds is 2. The number of hydrogen-bond donors (Lipinski definition) is 1. The minimum Gasteiger partial charge on any atom is -0.487 e. The molecule has 2 nitrogen and oxygen atoms in total. The Morgan fingerprint density at radius 2 is 2.40 bits per heavy atom. The summed E-state index contributed by atoms with van der Waals surface area (Å²) in [6.45, 7) is 0. The minimum absolute atomic E-state index is 0.192. The average Bonchev–Trinajstić information content (AvgIpc) is 2.27. The summed E-state index contributed by atoms with van der Waals surface area (Å²) in [4.78, 5) is 0. The van der Waals surface area contributed by atoms with Crippen LogP contribution in [0.25, 0.3) is 0 Å². The van der Waals surface area contributed by atoms with Gasteiger partial charge in [-0.15, -0.1) is 0 Å². The smallest absolute Gasteiger partial charge is 0.126 e. The molecular formula is C11H12BrFO2. The zero-order chi connectivity index (χ0) is 10.8. The van der Waals surface area contributed by atoms with Crippen LogP contribution in [0.15, 0.2) is 18.2 Å². The predicted molar refractivity (Wildman–Crippen MR) is 58.9 cm³/mol. The third kappa shape index (κ3) is 2.32. The highest BCUT2D eigenvalue weighted by atomic mass is 79.9. The quantitative estimate of drug-likeness (QED) is 0.839. The van der Waals surface area contributed by atoms with Crippen molar-refractivity contribution in [2.24, 2.45) is 0 Å². The first-order chi connectivity index (χ1) is 7.20. The Bertz CT molecular complexity index is 356. The van der Waals surface area contributed by atoms with E-state index in [9.17, 15) is 9.50 Å². The standard InChI is InChI=1S/C11H12BrFO2/c12-6-9(14)11-3-1-7-5-8(13)2-4-10(7)15-11/h2,4-5,9,11,14H,1,3,6H2/t9?,11-/m1/s1. The maximum absolute atomic E-state index is 12.9. The molecule has 0 bridgehead atoms. The van der Waals surface area contributed by atoms with Crippen LogP contribution in [-0.4, -0.2) is 22.6 Å². The average molecular weight is 275 g/mol. The largest absolute Gasteiger partial charge is 0.487 e. The Morgan fingerprint density at radius 3 is 3.13 bits per heavy atom. The topological polar surface area (TPSA) is 29.5 Å². The molecule has 2 atom stereocenters. The van der Waals surface area contributed by atoms with Crippen molar-refractivity contribution < 1.29 is 14.2 Å². The van der Waals surface area contributed by atoms with Crippen molar-refractivity contribution >= 4 is 15.9 Å². The van der Waals surface area contributed by atoms with Crippen LogP contribution in [0.2, 0.25) is 0 Å². The normalized spacial score (nSPS) is 21.7. The van der Waals surface area contributed by atoms with Crippen molar-refractivity contribution in [3.05, 3.63) is 29.6 Å². The number of halogens is 2. The molecule has 1 aliphatic heterocycles. The van der Waals surface area contributed by atoms with Gasteiger partial charge in [-0.2, -0.15) is 0 Å². The zero-order valence-corrected chi connectivity index (χ0v) is 9.71. The van der Waals surface area contributed by atoms with Crippen molar-refractivity contribution in [1.29, 1.82) is 0 Å². The monoisotopic (exact) mass is 274 g/mol. The number of alkyl halides is 1. The van der Waals surface area contributed by atoms with Crippen LogP contribution in [0.1, 0.15) is 12.0 Å². The van der Waals surface area contributed by atoms with Crippen molar-refractivity contribution in [3.63, 3.8) is 0 Å². The van der Waals surface area contributed by atoms with Gasteiger partial charge in [-0.3, -0.25) is 0 Å². The molecule has 0 aliphatic carbocycles. The van der Waals surface area contributed by atoms with Crippen molar-refractivity contribution in [1.82, 2.24) is 0 Å². The Hall–Kier alpha value is -0.610. The first-order valence-corrected chi connectivity index (χ1v) is 6.02. The second-order valence-electron chi connectivity index (χ2n) is 3.67. The number of aliphatic hydroxyl groups excluding tert-OH is 1. The van der Waals surface area contributed by atoms with Gasteiger partial charge in [-0.05, 0) is 36.6 Å². The lowest BCUT2D eigenvalue weighted by Gasteiger charge is -2.28. The molecule has 0 amide bonds. The molecule has 4 heteroatoms. The summed E-state index contributed by atoms with van der Waals surface area (Å²) >= 11 is 3.21. The molecule has 1 heterocycles. The molecule has 1 N–H and O–H groups in total. The van der Waals surface area contributed by atoms with E-state index in [1.165, 1.54) is 12.1 Å². The van der Waals surface area contributed by atoms with Gasteiger partial charge in [0, 0.05) is 5.33 Å². The number of hydrogen-bond acceptors (Lipinski definition) is 2. The van der Waals surface area contributed by atoms with E-state index in [2.05, 4.69) is 15.9 Å². The van der Waals surface area contributed by atoms with Crippen LogP contribution in [0, 0.1) is 5.82 Å². The summed E-state index contributed by atoms with van der Waals surface area (Å²) in [5.74, 6) is 0.449. The van der Waals surface area contributed by atoms with Crippen LogP contribution in [0.3, 0.4) is 0 Å². The SMILES string of the molecule is OC(CBr)[C@H]1CCc2cc(F)ccc2O1. The Morgan fingerprint density at radius 1 is 1.60 bits per heavy atom. The van der Waals surface area contributed by atoms with E-state index in [4.69, 9.17) is 4.74 Å². The molecule has 15 heavy (non-hydrogen) atoms. The fraction of sp³-hybridized carbons (Fsp3) is 0.455. The van der Waals surface area contributed by atoms with Crippen LogP contribution in [0.4, 0.5) is 4.39 Å². The molecule has 1 aromatic carbocycles. The lowest BCUT2D eigenvalue weighted by atomic mass is 10.00. The van der Waals surface area contributed by atoms with Crippen LogP contribution >= 0.6 is 15.9 Å². The third-order valence-corrected chi connectivity index (χ3v) is 3.25. The number of aliphatic hydroxyl groups is 1. The summed E-state index contributed by atoms with van der Waals surface area (Å²) in [5, 5.41) is 10.1. The van der Waals surface area contributed by atoms with Gasteiger partial charge in [0.05, 0.1) is 0 Å². The third-order valence-electron chi connectivity index (χ3n) is 2.59. The molecular weight excluding hydrogens is 263 g/mol. The van der Waals surface area contributed by atoms with Crippen LogP contribution in [0.5, 0.6) is 5.75 Å². The summed E-state index contributed by atoms with van der Waals surface area (Å²) < 4.78 is 18.5. The van der Waals surface area contributed by atoms with Crippen LogP contribution < -0.4 is 4.74 Å². The second kappa shape index (κ2) is 4.49. The fourth-order valence-corrected chi connectivity index (χ4v) is 2.17. The van der Waals surface area contributed by atoms with Crippen molar-refractivity contribution in [2.75, 3.05) is 5.33 Å². The van der Waals surface area contributed by atoms with Crippen LogP contribution in [-0.2, 0) is 6.42 Å². The molecule has 0 aromatic heterocycles. The van der Waals surface area contributed by atoms with Gasteiger partial charge in [0.1, 0.15) is 23.8 Å². The van der Waals surface area contributed by atoms with Gasteiger partial charge in [0.2, 0.25) is 0 Å². The summed E-state index contributed by atoms with van der Waals surface area (Å²) in [6, 6.07) is 4.49. The summed E-state index contributed by atoms with van der Waals surface area (Å²) in [7, 11) is 0. The molecule has 1 unspecified atom stereocenters. The van der Waals surface area contributed by atoms with Gasteiger partial charge in [0.25, 0.3) is 0 Å². The summed E-state index contributed by atoms with van der Waals surface area (Å²) in [6.07, 6.45) is 0.774. The minimum atomic E-state index is -0.511. The lowest BCUT2D eigenvalue weighted by Crippen LogP contribution is -2.35. The highest BCUT2D eigenvalue weighted by Gasteiger charge is 2.25. The molecule has 0 radical (unpaired) electrons. The van der Waals surface area contributed by atoms with Crippen molar-refractivity contribution in [3.8, 4) is 5.75 Å².